The Bertz CT molecular complexity index is 640. The number of anilines is 1. The Labute approximate surface area is 110 Å². The van der Waals surface area contributed by atoms with Crippen LogP contribution in [0.5, 0.6) is 5.75 Å². The number of para-hydroxylation sites is 1. The largest absolute Gasteiger partial charge is 0.489 e. The van der Waals surface area contributed by atoms with E-state index in [9.17, 15) is 9.18 Å². The van der Waals surface area contributed by atoms with Crippen LogP contribution in [0.25, 0.3) is 0 Å². The number of carbonyl (C=O) groups is 1. The van der Waals surface area contributed by atoms with Gasteiger partial charge in [-0.1, -0.05) is 18.2 Å². The molecule has 1 aliphatic rings. The topological polar surface area (TPSA) is 38.3 Å². The Kier molecular flexibility index (Phi) is 2.91. The highest BCUT2D eigenvalue weighted by Crippen LogP contribution is 2.32. The second-order valence-corrected chi connectivity index (χ2v) is 4.27. The van der Waals surface area contributed by atoms with E-state index in [2.05, 4.69) is 5.32 Å². The van der Waals surface area contributed by atoms with Gasteiger partial charge in [-0.3, -0.25) is 4.79 Å². The summed E-state index contributed by atoms with van der Waals surface area (Å²) >= 11 is 0. The van der Waals surface area contributed by atoms with Gasteiger partial charge in [0, 0.05) is 6.54 Å². The Morgan fingerprint density at radius 3 is 2.74 bits per heavy atom. The Hall–Kier alpha value is -2.36. The summed E-state index contributed by atoms with van der Waals surface area (Å²) < 4.78 is 19.2. The number of fused-ring (bicyclic) bond motifs is 1. The van der Waals surface area contributed by atoms with Crippen LogP contribution < -0.4 is 10.1 Å². The molecule has 4 heteroatoms. The van der Waals surface area contributed by atoms with Crippen molar-refractivity contribution in [1.82, 2.24) is 0 Å². The first-order valence-electron chi connectivity index (χ1n) is 6.06. The number of halogens is 1. The fraction of sp³-hybridized carbons (Fsp3) is 0.133. The summed E-state index contributed by atoms with van der Waals surface area (Å²) in [5, 5.41) is 3.15. The van der Waals surface area contributed by atoms with E-state index in [1.54, 1.807) is 24.3 Å². The van der Waals surface area contributed by atoms with Crippen molar-refractivity contribution in [2.75, 3.05) is 18.5 Å². The van der Waals surface area contributed by atoms with Gasteiger partial charge in [-0.2, -0.15) is 0 Å². The number of rotatable bonds is 2. The number of hydrogen-bond donors (Lipinski definition) is 1. The maximum Gasteiger partial charge on any atom is 0.199 e. The molecule has 0 atom stereocenters. The molecule has 0 spiro atoms. The third kappa shape index (κ3) is 2.05. The van der Waals surface area contributed by atoms with Gasteiger partial charge in [0.15, 0.2) is 11.5 Å². The lowest BCUT2D eigenvalue weighted by molar-refractivity contribution is 0.103. The molecule has 0 radical (unpaired) electrons. The molecule has 1 N–H and O–H groups in total. The molecule has 0 unspecified atom stereocenters. The van der Waals surface area contributed by atoms with Gasteiger partial charge in [0.05, 0.1) is 16.8 Å². The van der Waals surface area contributed by atoms with Gasteiger partial charge in [-0.05, 0) is 24.3 Å². The van der Waals surface area contributed by atoms with Gasteiger partial charge in [0.1, 0.15) is 12.4 Å². The summed E-state index contributed by atoms with van der Waals surface area (Å²) in [5.41, 5.74) is 1.22. The molecule has 2 aromatic rings. The highest BCUT2D eigenvalue weighted by molar-refractivity contribution is 6.11. The quantitative estimate of drug-likeness (QED) is 0.841. The van der Waals surface area contributed by atoms with Crippen molar-refractivity contribution in [2.24, 2.45) is 0 Å². The number of benzene rings is 2. The molecule has 0 aliphatic carbocycles. The first-order chi connectivity index (χ1) is 9.27. The summed E-state index contributed by atoms with van der Waals surface area (Å²) in [6.45, 7) is 1.19. The van der Waals surface area contributed by atoms with Crippen molar-refractivity contribution < 1.29 is 13.9 Å². The summed E-state index contributed by atoms with van der Waals surface area (Å²) in [6, 6.07) is 11.2. The van der Waals surface area contributed by atoms with Crippen LogP contribution >= 0.6 is 0 Å². The molecule has 0 saturated heterocycles. The molecular weight excluding hydrogens is 245 g/mol. The fourth-order valence-electron chi connectivity index (χ4n) is 2.14. The number of ether oxygens (including phenoxy) is 1. The molecule has 1 aliphatic heterocycles. The zero-order valence-electron chi connectivity index (χ0n) is 10.2. The Morgan fingerprint density at radius 2 is 1.89 bits per heavy atom. The van der Waals surface area contributed by atoms with E-state index < -0.39 is 5.82 Å². The standard InChI is InChI=1S/C15H12FNO2/c16-12-6-2-1-4-10(12)14(18)11-5-3-7-13-15(11)19-9-8-17-13/h1-7,17H,8-9H2. The van der Waals surface area contributed by atoms with Gasteiger partial charge in [-0.15, -0.1) is 0 Å². The molecule has 0 fully saturated rings. The molecule has 3 rings (SSSR count). The Morgan fingerprint density at radius 1 is 1.11 bits per heavy atom. The van der Waals surface area contributed by atoms with E-state index >= 15 is 0 Å². The van der Waals surface area contributed by atoms with E-state index in [1.807, 2.05) is 6.07 Å². The van der Waals surface area contributed by atoms with Gasteiger partial charge >= 0.3 is 0 Å². The lowest BCUT2D eigenvalue weighted by atomic mass is 10.0. The minimum atomic E-state index is -0.520. The van der Waals surface area contributed by atoms with E-state index in [4.69, 9.17) is 4.74 Å². The summed E-state index contributed by atoms with van der Waals surface area (Å²) in [7, 11) is 0. The zero-order chi connectivity index (χ0) is 13.2. The van der Waals surface area contributed by atoms with E-state index in [-0.39, 0.29) is 11.3 Å². The number of hydrogen-bond acceptors (Lipinski definition) is 3. The van der Waals surface area contributed by atoms with Crippen LogP contribution in [0.1, 0.15) is 15.9 Å². The van der Waals surface area contributed by atoms with E-state index in [1.165, 1.54) is 12.1 Å². The lowest BCUT2D eigenvalue weighted by Crippen LogP contribution is -2.20. The van der Waals surface area contributed by atoms with Crippen LogP contribution in [0.2, 0.25) is 0 Å². The second-order valence-electron chi connectivity index (χ2n) is 4.27. The van der Waals surface area contributed by atoms with Crippen LogP contribution in [-0.2, 0) is 0 Å². The third-order valence-electron chi connectivity index (χ3n) is 3.04. The van der Waals surface area contributed by atoms with Gasteiger partial charge < -0.3 is 10.1 Å². The first-order valence-corrected chi connectivity index (χ1v) is 6.06. The van der Waals surface area contributed by atoms with Crippen molar-refractivity contribution in [3.05, 3.63) is 59.4 Å². The van der Waals surface area contributed by atoms with Crippen molar-refractivity contribution in [2.45, 2.75) is 0 Å². The smallest absolute Gasteiger partial charge is 0.199 e. The fourth-order valence-corrected chi connectivity index (χ4v) is 2.14. The summed E-state index contributed by atoms with van der Waals surface area (Å²) in [4.78, 5) is 12.4. The van der Waals surface area contributed by atoms with Crippen LogP contribution in [0, 0.1) is 5.82 Å². The molecule has 2 aromatic carbocycles. The van der Waals surface area contributed by atoms with E-state index in [0.717, 1.165) is 5.69 Å². The monoisotopic (exact) mass is 257 g/mol. The van der Waals surface area contributed by atoms with Crippen molar-refractivity contribution in [1.29, 1.82) is 0 Å². The average Bonchev–Trinajstić information content (AvgIpc) is 2.46. The lowest BCUT2D eigenvalue weighted by Gasteiger charge is -2.21. The van der Waals surface area contributed by atoms with Crippen LogP contribution in [0.4, 0.5) is 10.1 Å². The number of nitrogens with one attached hydrogen (secondary N) is 1. The number of ketones is 1. The molecule has 3 nitrogen and oxygen atoms in total. The molecule has 96 valence electrons. The minimum Gasteiger partial charge on any atom is -0.489 e. The molecular formula is C15H12FNO2. The second kappa shape index (κ2) is 4.72. The molecule has 0 bridgehead atoms. The van der Waals surface area contributed by atoms with Crippen molar-refractivity contribution in [3.8, 4) is 5.75 Å². The minimum absolute atomic E-state index is 0.0603. The highest BCUT2D eigenvalue weighted by Gasteiger charge is 2.21. The van der Waals surface area contributed by atoms with Crippen LogP contribution in [-0.4, -0.2) is 18.9 Å². The molecule has 0 amide bonds. The van der Waals surface area contributed by atoms with Crippen molar-refractivity contribution in [3.63, 3.8) is 0 Å². The predicted molar refractivity (Wildman–Crippen MR) is 70.3 cm³/mol. The normalized spacial score (nSPS) is 13.1. The highest BCUT2D eigenvalue weighted by atomic mass is 19.1. The Balaban J connectivity index is 2.08. The SMILES string of the molecule is O=C(c1ccccc1F)c1cccc2c1OCCN2. The van der Waals surface area contributed by atoms with Gasteiger partial charge in [0.2, 0.25) is 0 Å². The maximum absolute atomic E-state index is 13.7. The molecule has 19 heavy (non-hydrogen) atoms. The van der Waals surface area contributed by atoms with E-state index in [0.29, 0.717) is 24.5 Å². The predicted octanol–water partition coefficient (Wildman–Crippen LogP) is 2.86. The molecule has 0 aromatic heterocycles. The summed E-state index contributed by atoms with van der Waals surface area (Å²) in [6.07, 6.45) is 0. The molecule has 1 heterocycles. The maximum atomic E-state index is 13.7. The van der Waals surface area contributed by atoms with Crippen LogP contribution in [0.15, 0.2) is 42.5 Å². The van der Waals surface area contributed by atoms with Gasteiger partial charge in [0.25, 0.3) is 0 Å². The first kappa shape index (κ1) is 11.7. The number of carbonyl (C=O) groups excluding carboxylic acids is 1. The zero-order valence-corrected chi connectivity index (χ0v) is 10.2. The molecule has 0 saturated carbocycles. The average molecular weight is 257 g/mol. The summed E-state index contributed by atoms with van der Waals surface area (Å²) in [5.74, 6) is -0.380. The van der Waals surface area contributed by atoms with Crippen molar-refractivity contribution >= 4 is 11.5 Å². The third-order valence-corrected chi connectivity index (χ3v) is 3.04. The van der Waals surface area contributed by atoms with Gasteiger partial charge in [-0.25, -0.2) is 4.39 Å². The van der Waals surface area contributed by atoms with Crippen LogP contribution in [0.3, 0.4) is 0 Å².